The Labute approximate surface area is 108 Å². The summed E-state index contributed by atoms with van der Waals surface area (Å²) in [4.78, 5) is 25.4. The molecule has 0 radical (unpaired) electrons. The smallest absolute Gasteiger partial charge is 0.329 e. The molecule has 2 aliphatic carbocycles. The molecule has 2 rings (SSSR count). The van der Waals surface area contributed by atoms with Gasteiger partial charge in [0.05, 0.1) is 0 Å². The number of aliphatic carboxylic acids is 1. The van der Waals surface area contributed by atoms with Gasteiger partial charge in [0, 0.05) is 13.0 Å². The third-order valence-electron chi connectivity index (χ3n) is 4.33. The molecular formula is C14H23NO3. The molecule has 0 saturated heterocycles. The van der Waals surface area contributed by atoms with Crippen molar-refractivity contribution in [2.45, 2.75) is 70.9 Å². The molecule has 4 heteroatoms. The first-order valence-corrected chi connectivity index (χ1v) is 6.82. The lowest BCUT2D eigenvalue weighted by Gasteiger charge is -2.48. The zero-order chi connectivity index (χ0) is 13.6. The molecule has 1 N–H and O–H groups in total. The standard InChI is InChI=1S/C14H23NO3/c1-10(16)15(11-5-6-11)14(12(17)18)8-4-7-13(2,3)9-14/h11H,4-9H2,1-3H3,(H,17,18). The van der Waals surface area contributed by atoms with Crippen LogP contribution < -0.4 is 0 Å². The molecule has 1 atom stereocenters. The van der Waals surface area contributed by atoms with Crippen LogP contribution in [0, 0.1) is 5.41 Å². The van der Waals surface area contributed by atoms with Gasteiger partial charge in [-0.25, -0.2) is 4.79 Å². The molecule has 2 saturated carbocycles. The number of nitrogens with zero attached hydrogens (tertiary/aromatic N) is 1. The van der Waals surface area contributed by atoms with E-state index in [0.717, 1.165) is 25.7 Å². The first-order chi connectivity index (χ1) is 8.28. The number of amides is 1. The quantitative estimate of drug-likeness (QED) is 0.840. The number of hydrogen-bond donors (Lipinski definition) is 1. The van der Waals surface area contributed by atoms with Gasteiger partial charge in [0.25, 0.3) is 0 Å². The Kier molecular flexibility index (Phi) is 3.16. The van der Waals surface area contributed by atoms with Crippen molar-refractivity contribution in [3.8, 4) is 0 Å². The second-order valence-electron chi connectivity index (χ2n) is 6.65. The van der Waals surface area contributed by atoms with E-state index < -0.39 is 11.5 Å². The summed E-state index contributed by atoms with van der Waals surface area (Å²) in [7, 11) is 0. The maximum atomic E-state index is 11.9. The predicted molar refractivity (Wildman–Crippen MR) is 68.2 cm³/mol. The minimum atomic E-state index is -0.964. The molecule has 0 aliphatic heterocycles. The van der Waals surface area contributed by atoms with Crippen molar-refractivity contribution in [1.82, 2.24) is 4.90 Å². The Morgan fingerprint density at radius 3 is 2.22 bits per heavy atom. The molecule has 4 nitrogen and oxygen atoms in total. The summed E-state index contributed by atoms with van der Waals surface area (Å²) < 4.78 is 0. The fraction of sp³-hybridized carbons (Fsp3) is 0.857. The summed E-state index contributed by atoms with van der Waals surface area (Å²) in [5.74, 6) is -0.907. The molecule has 2 aliphatic rings. The summed E-state index contributed by atoms with van der Waals surface area (Å²) in [6.45, 7) is 5.72. The van der Waals surface area contributed by atoms with E-state index in [2.05, 4.69) is 13.8 Å². The molecule has 0 aromatic carbocycles. The summed E-state index contributed by atoms with van der Waals surface area (Å²) in [5.41, 5.74) is -0.964. The van der Waals surface area contributed by atoms with Crippen LogP contribution in [0.15, 0.2) is 0 Å². The van der Waals surface area contributed by atoms with Crippen LogP contribution >= 0.6 is 0 Å². The van der Waals surface area contributed by atoms with Crippen LogP contribution in [0.25, 0.3) is 0 Å². The number of carbonyl (C=O) groups excluding carboxylic acids is 1. The van der Waals surface area contributed by atoms with Crippen LogP contribution in [-0.2, 0) is 9.59 Å². The minimum Gasteiger partial charge on any atom is -0.479 e. The van der Waals surface area contributed by atoms with E-state index >= 15 is 0 Å². The highest BCUT2D eigenvalue weighted by atomic mass is 16.4. The van der Waals surface area contributed by atoms with Crippen LogP contribution in [0.1, 0.15) is 59.3 Å². The van der Waals surface area contributed by atoms with Crippen LogP contribution in [0.3, 0.4) is 0 Å². The molecule has 0 heterocycles. The molecule has 0 aromatic heterocycles. The topological polar surface area (TPSA) is 57.6 Å². The largest absolute Gasteiger partial charge is 0.479 e. The van der Waals surface area contributed by atoms with E-state index in [-0.39, 0.29) is 17.4 Å². The highest BCUT2D eigenvalue weighted by Gasteiger charge is 2.54. The Balaban J connectivity index is 2.36. The number of carbonyl (C=O) groups is 2. The van der Waals surface area contributed by atoms with Gasteiger partial charge in [-0.2, -0.15) is 0 Å². The van der Waals surface area contributed by atoms with Crippen LogP contribution in [-0.4, -0.2) is 33.5 Å². The summed E-state index contributed by atoms with van der Waals surface area (Å²) in [5, 5.41) is 9.72. The van der Waals surface area contributed by atoms with Crippen molar-refractivity contribution in [1.29, 1.82) is 0 Å². The van der Waals surface area contributed by atoms with Crippen molar-refractivity contribution in [3.63, 3.8) is 0 Å². The molecule has 1 amide bonds. The van der Waals surface area contributed by atoms with E-state index in [1.54, 1.807) is 4.90 Å². The third kappa shape index (κ3) is 2.25. The monoisotopic (exact) mass is 253 g/mol. The van der Waals surface area contributed by atoms with Gasteiger partial charge >= 0.3 is 5.97 Å². The SMILES string of the molecule is CC(=O)N(C1CC1)C1(C(=O)O)CCCC(C)(C)C1. The molecule has 0 aromatic rings. The normalized spacial score (nSPS) is 30.8. The highest BCUT2D eigenvalue weighted by molar-refractivity contribution is 5.86. The number of carboxylic acid groups (broad SMARTS) is 1. The molecule has 2 fully saturated rings. The van der Waals surface area contributed by atoms with E-state index in [0.29, 0.717) is 12.8 Å². The number of carboxylic acids is 1. The predicted octanol–water partition coefficient (Wildman–Crippen LogP) is 2.42. The summed E-state index contributed by atoms with van der Waals surface area (Å²) >= 11 is 0. The highest BCUT2D eigenvalue weighted by Crippen LogP contribution is 2.47. The zero-order valence-corrected chi connectivity index (χ0v) is 11.5. The molecular weight excluding hydrogens is 230 g/mol. The first-order valence-electron chi connectivity index (χ1n) is 6.82. The average Bonchev–Trinajstić information content (AvgIpc) is 2.99. The fourth-order valence-corrected chi connectivity index (χ4v) is 3.56. The van der Waals surface area contributed by atoms with Gasteiger partial charge in [-0.1, -0.05) is 13.8 Å². The van der Waals surface area contributed by atoms with E-state index in [9.17, 15) is 14.7 Å². The maximum Gasteiger partial charge on any atom is 0.329 e. The number of hydrogen-bond acceptors (Lipinski definition) is 2. The van der Waals surface area contributed by atoms with Crippen LogP contribution in [0.4, 0.5) is 0 Å². The second kappa shape index (κ2) is 4.25. The lowest BCUT2D eigenvalue weighted by molar-refractivity contribution is -0.165. The molecule has 18 heavy (non-hydrogen) atoms. The summed E-state index contributed by atoms with van der Waals surface area (Å²) in [6, 6.07) is 0.160. The van der Waals surface area contributed by atoms with Gasteiger partial charge in [0.1, 0.15) is 5.54 Å². The van der Waals surface area contributed by atoms with E-state index in [1.165, 1.54) is 6.92 Å². The van der Waals surface area contributed by atoms with Crippen molar-refractivity contribution < 1.29 is 14.7 Å². The van der Waals surface area contributed by atoms with Crippen molar-refractivity contribution in [2.75, 3.05) is 0 Å². The Bertz CT molecular complexity index is 373. The van der Waals surface area contributed by atoms with Gasteiger partial charge in [0.15, 0.2) is 0 Å². The lowest BCUT2D eigenvalue weighted by atomic mass is 9.67. The van der Waals surface area contributed by atoms with Gasteiger partial charge in [-0.05, 0) is 43.9 Å². The Hall–Kier alpha value is -1.06. The van der Waals surface area contributed by atoms with Gasteiger partial charge in [0.2, 0.25) is 5.91 Å². The van der Waals surface area contributed by atoms with E-state index in [1.807, 2.05) is 0 Å². The molecule has 0 bridgehead atoms. The average molecular weight is 253 g/mol. The van der Waals surface area contributed by atoms with Crippen LogP contribution in [0.5, 0.6) is 0 Å². The van der Waals surface area contributed by atoms with Crippen molar-refractivity contribution in [3.05, 3.63) is 0 Å². The van der Waals surface area contributed by atoms with Gasteiger partial charge in [-0.3, -0.25) is 4.79 Å². The first kappa shape index (κ1) is 13.4. The Morgan fingerprint density at radius 1 is 1.22 bits per heavy atom. The Morgan fingerprint density at radius 2 is 1.83 bits per heavy atom. The number of rotatable bonds is 3. The second-order valence-corrected chi connectivity index (χ2v) is 6.65. The fourth-order valence-electron chi connectivity index (χ4n) is 3.56. The lowest BCUT2D eigenvalue weighted by Crippen LogP contribution is -2.60. The van der Waals surface area contributed by atoms with Crippen molar-refractivity contribution >= 4 is 11.9 Å². The van der Waals surface area contributed by atoms with Crippen molar-refractivity contribution in [2.24, 2.45) is 5.41 Å². The summed E-state index contributed by atoms with van der Waals surface area (Å²) in [6.07, 6.45) is 5.01. The van der Waals surface area contributed by atoms with Gasteiger partial charge in [-0.15, -0.1) is 0 Å². The third-order valence-corrected chi connectivity index (χ3v) is 4.33. The molecule has 0 spiro atoms. The van der Waals surface area contributed by atoms with Crippen LogP contribution in [0.2, 0.25) is 0 Å². The van der Waals surface area contributed by atoms with Gasteiger partial charge < -0.3 is 10.0 Å². The minimum absolute atomic E-state index is 0.000764. The maximum absolute atomic E-state index is 11.9. The molecule has 1 unspecified atom stereocenters. The van der Waals surface area contributed by atoms with E-state index in [4.69, 9.17) is 0 Å². The molecule has 102 valence electrons. The zero-order valence-electron chi connectivity index (χ0n) is 11.5.